The molecule has 4 bridgehead atoms. The maximum atomic E-state index is 13.8. The molecule has 9 atom stereocenters. The van der Waals surface area contributed by atoms with Crippen LogP contribution in [-0.2, 0) is 4.79 Å². The molecule has 4 rings (SSSR count). The first-order chi connectivity index (χ1) is 22.4. The number of aliphatic hydroxyl groups is 6. The Labute approximate surface area is 278 Å². The molecule has 0 saturated carbocycles. The topological polar surface area (TPSA) is 242 Å². The number of phenols is 2. The zero-order valence-electron chi connectivity index (χ0n) is 27.7. The van der Waals surface area contributed by atoms with Gasteiger partial charge in [-0.25, -0.2) is 0 Å². The Balaban J connectivity index is 2.24. The predicted molar refractivity (Wildman–Crippen MR) is 173 cm³/mol. The molecule has 1 aromatic rings. The maximum absolute atomic E-state index is 13.8. The molecule has 0 saturated heterocycles. The summed E-state index contributed by atoms with van der Waals surface area (Å²) in [5.74, 6) is -9.96. The first-order valence-corrected chi connectivity index (χ1v) is 15.7. The molecule has 1 amide bonds. The van der Waals surface area contributed by atoms with Gasteiger partial charge in [0.15, 0.2) is 11.6 Å². The van der Waals surface area contributed by atoms with Gasteiger partial charge in [-0.2, -0.15) is 0 Å². The summed E-state index contributed by atoms with van der Waals surface area (Å²) >= 11 is 0. The lowest BCUT2D eigenvalue weighted by Crippen LogP contribution is -2.46. The molecule has 0 fully saturated rings. The van der Waals surface area contributed by atoms with E-state index in [2.05, 4.69) is 5.32 Å². The quantitative estimate of drug-likeness (QED) is 0.214. The maximum Gasteiger partial charge on any atom is 0.254 e. The molecule has 13 nitrogen and oxygen atoms in total. The highest BCUT2D eigenvalue weighted by molar-refractivity contribution is 6.31. The van der Waals surface area contributed by atoms with Crippen LogP contribution in [0.5, 0.6) is 11.5 Å². The van der Waals surface area contributed by atoms with Gasteiger partial charge in [0, 0.05) is 46.8 Å². The van der Waals surface area contributed by atoms with Crippen LogP contribution in [-0.4, -0.2) is 102 Å². The number of benzene rings is 1. The third-order valence-corrected chi connectivity index (χ3v) is 9.57. The van der Waals surface area contributed by atoms with Gasteiger partial charge in [-0.15, -0.1) is 0 Å². The van der Waals surface area contributed by atoms with E-state index in [0.29, 0.717) is 0 Å². The van der Waals surface area contributed by atoms with E-state index in [9.17, 15) is 60.0 Å². The lowest BCUT2D eigenvalue weighted by atomic mass is 9.76. The van der Waals surface area contributed by atoms with E-state index in [1.54, 1.807) is 13.8 Å². The van der Waals surface area contributed by atoms with Crippen molar-refractivity contribution < 1.29 is 60.0 Å². The molecule has 0 radical (unpaired) electrons. The number of aromatic hydroxyl groups is 2. The summed E-state index contributed by atoms with van der Waals surface area (Å²) < 4.78 is 0. The first-order valence-electron chi connectivity index (χ1n) is 15.7. The highest BCUT2D eigenvalue weighted by Crippen LogP contribution is 2.41. The van der Waals surface area contributed by atoms with Crippen LogP contribution in [0.2, 0.25) is 0 Å². The molecular formula is C35H45NO12. The second kappa shape index (κ2) is 15.5. The van der Waals surface area contributed by atoms with Crippen LogP contribution in [0.1, 0.15) is 71.3 Å². The number of nitrogens with one attached hydrogen (secondary N) is 1. The van der Waals surface area contributed by atoms with E-state index >= 15 is 0 Å². The Morgan fingerprint density at radius 1 is 0.729 bits per heavy atom. The Hall–Kier alpha value is -3.98. The number of carbonyl (C=O) groups is 4. The van der Waals surface area contributed by atoms with E-state index in [0.717, 1.165) is 6.08 Å². The van der Waals surface area contributed by atoms with Crippen LogP contribution >= 0.6 is 0 Å². The second-order valence-corrected chi connectivity index (χ2v) is 12.8. The molecule has 9 unspecified atom stereocenters. The minimum atomic E-state index is -1.46. The van der Waals surface area contributed by atoms with Crippen LogP contribution in [0.15, 0.2) is 47.2 Å². The molecule has 9 N–H and O–H groups in total. The van der Waals surface area contributed by atoms with Gasteiger partial charge < -0.3 is 46.2 Å². The molecular weight excluding hydrogens is 626 g/mol. The van der Waals surface area contributed by atoms with E-state index < -0.39 is 124 Å². The number of allylic oxidation sites excluding steroid dienone is 5. The van der Waals surface area contributed by atoms with Crippen molar-refractivity contribution in [3.8, 4) is 11.5 Å². The Morgan fingerprint density at radius 2 is 1.25 bits per heavy atom. The van der Waals surface area contributed by atoms with Gasteiger partial charge in [-0.1, -0.05) is 52.0 Å². The van der Waals surface area contributed by atoms with Crippen LogP contribution < -0.4 is 5.32 Å². The number of carbonyl (C=O) groups excluding carboxylic acids is 4. The fraction of sp³-hybridized carbons (Fsp3) is 0.486. The Bertz CT molecular complexity index is 1590. The third kappa shape index (κ3) is 7.36. The smallest absolute Gasteiger partial charge is 0.254 e. The van der Waals surface area contributed by atoms with Crippen molar-refractivity contribution in [1.82, 2.24) is 5.32 Å². The number of fused-ring (bicyclic) bond motifs is 15. The molecule has 0 aromatic heterocycles. The molecule has 1 aromatic carbocycles. The van der Waals surface area contributed by atoms with Gasteiger partial charge >= 0.3 is 0 Å². The van der Waals surface area contributed by atoms with Gasteiger partial charge in [0.1, 0.15) is 11.5 Å². The van der Waals surface area contributed by atoms with Crippen molar-refractivity contribution in [2.24, 2.45) is 29.6 Å². The molecule has 262 valence electrons. The van der Waals surface area contributed by atoms with Crippen molar-refractivity contribution in [2.45, 2.75) is 66.0 Å². The van der Waals surface area contributed by atoms with Gasteiger partial charge in [0.25, 0.3) is 5.91 Å². The highest BCUT2D eigenvalue weighted by Gasteiger charge is 2.40. The largest absolute Gasteiger partial charge is 0.507 e. The predicted octanol–water partition coefficient (Wildman–Crippen LogP) is 0.999. The highest BCUT2D eigenvalue weighted by atomic mass is 16.3. The number of aliphatic hydroxyl groups excluding tert-OH is 6. The van der Waals surface area contributed by atoms with E-state index in [4.69, 9.17) is 0 Å². The Morgan fingerprint density at radius 3 is 1.79 bits per heavy atom. The lowest BCUT2D eigenvalue weighted by Gasteiger charge is -2.37. The standard InChI is InChI=1S/C35H45NO12/c1-14-8-7-9-20(12-37)35(48)36-22-11-23(39)24-25(32(45)19(6)33(46)26(24)34(22)47)28(41)15(2)10-21(13-38)31(44)18(5)30(43)17(4)29(42)16(3)27(14)40/h7-11,14,16-18,21,27,29-31,37-38,40,42-46H,12-13H2,1-6H3,(H,36,48)/b8-7-,15-10-,20-9-. The van der Waals surface area contributed by atoms with Gasteiger partial charge in [0.2, 0.25) is 5.78 Å². The third-order valence-electron chi connectivity index (χ3n) is 9.57. The lowest BCUT2D eigenvalue weighted by molar-refractivity contribution is -0.117. The summed E-state index contributed by atoms with van der Waals surface area (Å²) in [6.45, 7) is 7.26. The van der Waals surface area contributed by atoms with Crippen molar-refractivity contribution in [1.29, 1.82) is 0 Å². The summed E-state index contributed by atoms with van der Waals surface area (Å²) in [7, 11) is 0. The minimum absolute atomic E-state index is 0.164. The van der Waals surface area contributed by atoms with E-state index in [1.807, 2.05) is 0 Å². The number of Topliss-reactive ketones (excluding diaryl/α,β-unsaturated/α-hetero) is 2. The molecule has 2 heterocycles. The summed E-state index contributed by atoms with van der Waals surface area (Å²) in [5, 5.41) is 88.4. The fourth-order valence-electron chi connectivity index (χ4n) is 6.18. The average Bonchev–Trinajstić information content (AvgIpc) is 3.06. The number of rotatable bonds is 2. The van der Waals surface area contributed by atoms with E-state index in [-0.39, 0.29) is 16.7 Å². The van der Waals surface area contributed by atoms with Gasteiger partial charge in [0.05, 0.1) is 60.0 Å². The number of hydrogen-bond acceptors (Lipinski definition) is 12. The first kappa shape index (κ1) is 38.5. The monoisotopic (exact) mass is 671 g/mol. The molecule has 48 heavy (non-hydrogen) atoms. The number of amides is 1. The van der Waals surface area contributed by atoms with Crippen LogP contribution in [0.4, 0.5) is 0 Å². The fourth-order valence-corrected chi connectivity index (χ4v) is 6.18. The zero-order valence-corrected chi connectivity index (χ0v) is 27.7. The second-order valence-electron chi connectivity index (χ2n) is 12.8. The van der Waals surface area contributed by atoms with Gasteiger partial charge in [-0.05, 0) is 19.4 Å². The zero-order chi connectivity index (χ0) is 36.4. The van der Waals surface area contributed by atoms with Crippen molar-refractivity contribution in [3.63, 3.8) is 0 Å². The number of ketones is 3. The summed E-state index contributed by atoms with van der Waals surface area (Å²) in [6, 6.07) is 0. The SMILES string of the molecule is C/C1=C/C(CO)C(O)C(C)C(O)C(C)C(O)C(C)C(O)C(C)/C=C\C=C(\CO)C(=O)NC2=CC(=O)c3c(c(O)c(C)c(O)c3C1=O)C2=O. The minimum Gasteiger partial charge on any atom is -0.507 e. The normalized spacial score (nSPS) is 34.1. The van der Waals surface area contributed by atoms with Crippen molar-refractivity contribution in [3.05, 3.63) is 69.5 Å². The van der Waals surface area contributed by atoms with Crippen molar-refractivity contribution in [2.75, 3.05) is 13.2 Å². The Kier molecular flexibility index (Phi) is 12.4. The van der Waals surface area contributed by atoms with E-state index in [1.165, 1.54) is 52.0 Å². The van der Waals surface area contributed by atoms with Crippen LogP contribution in [0.25, 0.3) is 0 Å². The van der Waals surface area contributed by atoms with Gasteiger partial charge in [-0.3, -0.25) is 19.2 Å². The molecule has 0 spiro atoms. The summed E-state index contributed by atoms with van der Waals surface area (Å²) in [5.41, 5.74) is -3.16. The van der Waals surface area contributed by atoms with Crippen LogP contribution in [0, 0.1) is 36.5 Å². The van der Waals surface area contributed by atoms with Crippen LogP contribution in [0.3, 0.4) is 0 Å². The average molecular weight is 672 g/mol. The summed E-state index contributed by atoms with van der Waals surface area (Å²) in [4.78, 5) is 53.8. The summed E-state index contributed by atoms with van der Waals surface area (Å²) in [6.07, 6.45) is 0.837. The van der Waals surface area contributed by atoms with Crippen molar-refractivity contribution >= 4 is 23.3 Å². The molecule has 2 aliphatic heterocycles. The molecule has 1 aliphatic carbocycles. The molecule has 13 heteroatoms. The molecule has 3 aliphatic rings. The number of hydrogen-bond donors (Lipinski definition) is 9. The number of phenolic OH excluding ortho intramolecular Hbond substituents is 2.